The summed E-state index contributed by atoms with van der Waals surface area (Å²) in [4.78, 5) is 4.18. The molecule has 21 heavy (non-hydrogen) atoms. The Morgan fingerprint density at radius 2 is 2.05 bits per heavy atom. The van der Waals surface area contributed by atoms with E-state index in [0.717, 1.165) is 5.56 Å². The van der Waals surface area contributed by atoms with Crippen LogP contribution in [0.5, 0.6) is 0 Å². The number of rotatable bonds is 5. The largest absolute Gasteiger partial charge is 0.329 e. The molecule has 0 aliphatic heterocycles. The molecule has 1 aromatic carbocycles. The highest BCUT2D eigenvalue weighted by Crippen LogP contribution is 2.21. The maximum absolute atomic E-state index is 8.60. The first-order chi connectivity index (χ1) is 10.2. The average Bonchev–Trinajstić information content (AvgIpc) is 2.96. The van der Waals surface area contributed by atoms with Crippen LogP contribution < -0.4 is 5.32 Å². The Kier molecular flexibility index (Phi) is 5.22. The van der Waals surface area contributed by atoms with Crippen molar-refractivity contribution in [1.29, 1.82) is 10.5 Å². The molecule has 0 amide bonds. The molecule has 104 valence electrons. The second-order valence-electron chi connectivity index (χ2n) is 3.81. The number of allylic oxidation sites excluding steroid dienone is 1. The number of aromatic nitrogens is 3. The van der Waals surface area contributed by atoms with Gasteiger partial charge in [-0.2, -0.15) is 15.5 Å². The van der Waals surface area contributed by atoms with Gasteiger partial charge >= 0.3 is 0 Å². The lowest BCUT2D eigenvalue weighted by Crippen LogP contribution is -1.91. The van der Waals surface area contributed by atoms with Crippen molar-refractivity contribution >= 4 is 29.3 Å². The number of hydrogen-bond donors (Lipinski definition) is 2. The van der Waals surface area contributed by atoms with Crippen molar-refractivity contribution < 1.29 is 0 Å². The number of aromatic amines is 1. The first-order valence-corrected chi connectivity index (χ1v) is 7.14. The molecule has 0 saturated heterocycles. The maximum atomic E-state index is 8.60. The van der Waals surface area contributed by atoms with E-state index in [1.165, 1.54) is 18.0 Å². The van der Waals surface area contributed by atoms with Crippen LogP contribution in [-0.2, 0) is 5.75 Å². The Hall–Kier alpha value is -2.48. The van der Waals surface area contributed by atoms with Gasteiger partial charge in [0.05, 0.1) is 0 Å². The number of benzene rings is 1. The Balaban J connectivity index is 1.92. The molecule has 6 nitrogen and oxygen atoms in total. The third kappa shape index (κ3) is 4.53. The van der Waals surface area contributed by atoms with E-state index in [-0.39, 0.29) is 5.57 Å². The lowest BCUT2D eigenvalue weighted by molar-refractivity contribution is 0.973. The Labute approximate surface area is 130 Å². The molecular formula is C13H9ClN6S. The quantitative estimate of drug-likeness (QED) is 0.649. The van der Waals surface area contributed by atoms with Crippen LogP contribution in [0, 0.1) is 22.7 Å². The van der Waals surface area contributed by atoms with Crippen molar-refractivity contribution in [3.63, 3.8) is 0 Å². The minimum Gasteiger partial charge on any atom is -0.329 e. The first-order valence-electron chi connectivity index (χ1n) is 5.78. The smallest absolute Gasteiger partial charge is 0.223 e. The van der Waals surface area contributed by atoms with Gasteiger partial charge in [0.25, 0.3) is 0 Å². The minimum absolute atomic E-state index is 0.0400. The molecule has 2 aromatic rings. The zero-order chi connectivity index (χ0) is 15.1. The molecule has 0 bridgehead atoms. The predicted octanol–water partition coefficient (Wildman–Crippen LogP) is 3.09. The number of H-pyrrole nitrogens is 1. The van der Waals surface area contributed by atoms with Gasteiger partial charge in [-0.1, -0.05) is 35.5 Å². The van der Waals surface area contributed by atoms with Crippen LogP contribution in [0.4, 0.5) is 5.95 Å². The van der Waals surface area contributed by atoms with Crippen molar-refractivity contribution in [2.75, 3.05) is 5.32 Å². The van der Waals surface area contributed by atoms with Crippen molar-refractivity contribution in [3.05, 3.63) is 46.6 Å². The van der Waals surface area contributed by atoms with Crippen LogP contribution in [0.2, 0.25) is 5.02 Å². The lowest BCUT2D eigenvalue weighted by Gasteiger charge is -1.98. The molecule has 0 spiro atoms. The fraction of sp³-hybridized carbons (Fsp3) is 0.0769. The molecule has 8 heteroatoms. The Morgan fingerprint density at radius 3 is 2.71 bits per heavy atom. The second-order valence-corrected chi connectivity index (χ2v) is 5.19. The molecule has 0 saturated carbocycles. The highest BCUT2D eigenvalue weighted by atomic mass is 35.5. The van der Waals surface area contributed by atoms with E-state index in [2.05, 4.69) is 20.5 Å². The van der Waals surface area contributed by atoms with E-state index in [4.69, 9.17) is 22.1 Å². The maximum Gasteiger partial charge on any atom is 0.223 e. The van der Waals surface area contributed by atoms with E-state index in [1.807, 2.05) is 24.3 Å². The van der Waals surface area contributed by atoms with Crippen molar-refractivity contribution in [1.82, 2.24) is 15.2 Å². The summed E-state index contributed by atoms with van der Waals surface area (Å²) in [5.74, 6) is 1.09. The number of thioether (sulfide) groups is 1. The van der Waals surface area contributed by atoms with Crippen molar-refractivity contribution in [3.8, 4) is 12.1 Å². The monoisotopic (exact) mass is 316 g/mol. The zero-order valence-corrected chi connectivity index (χ0v) is 12.2. The Morgan fingerprint density at radius 1 is 1.33 bits per heavy atom. The highest BCUT2D eigenvalue weighted by molar-refractivity contribution is 7.98. The molecule has 0 radical (unpaired) electrons. The predicted molar refractivity (Wildman–Crippen MR) is 80.3 cm³/mol. The van der Waals surface area contributed by atoms with Crippen LogP contribution in [0.15, 0.2) is 41.2 Å². The van der Waals surface area contributed by atoms with Gasteiger partial charge in [0.2, 0.25) is 11.1 Å². The van der Waals surface area contributed by atoms with Crippen LogP contribution in [0.3, 0.4) is 0 Å². The van der Waals surface area contributed by atoms with Crippen LogP contribution >= 0.6 is 23.4 Å². The number of halogens is 1. The third-order valence-electron chi connectivity index (χ3n) is 2.34. The fourth-order valence-electron chi connectivity index (χ4n) is 1.33. The summed E-state index contributed by atoms with van der Waals surface area (Å²) in [5, 5.41) is 27.9. The third-order valence-corrected chi connectivity index (χ3v) is 3.51. The standard InChI is InChI=1S/C13H9ClN6S/c14-11-3-1-9(2-4-11)8-21-13-18-12(19-20-13)17-7-10(5-15)6-16/h1-4,7H,8H2,(H2,17,18,19,20). The topological polar surface area (TPSA) is 101 Å². The Bertz CT molecular complexity index is 706. The summed E-state index contributed by atoms with van der Waals surface area (Å²) >= 11 is 7.28. The van der Waals surface area contributed by atoms with E-state index < -0.39 is 0 Å². The van der Waals surface area contributed by atoms with Crippen LogP contribution in [0.1, 0.15) is 5.56 Å². The summed E-state index contributed by atoms with van der Waals surface area (Å²) in [7, 11) is 0. The number of nitrogens with zero attached hydrogens (tertiary/aromatic N) is 4. The average molecular weight is 317 g/mol. The molecule has 1 heterocycles. The minimum atomic E-state index is -0.0400. The molecule has 0 aliphatic carbocycles. The number of nitrogens with one attached hydrogen (secondary N) is 2. The molecule has 0 fully saturated rings. The van der Waals surface area contributed by atoms with Gasteiger partial charge in [-0.15, -0.1) is 5.10 Å². The highest BCUT2D eigenvalue weighted by Gasteiger charge is 2.04. The first kappa shape index (κ1) is 14.9. The molecule has 0 aliphatic rings. The van der Waals surface area contributed by atoms with Crippen molar-refractivity contribution in [2.45, 2.75) is 10.9 Å². The van der Waals surface area contributed by atoms with Gasteiger partial charge in [0.15, 0.2) is 0 Å². The molecular weight excluding hydrogens is 308 g/mol. The lowest BCUT2D eigenvalue weighted by atomic mass is 10.2. The summed E-state index contributed by atoms with van der Waals surface area (Å²) in [6.45, 7) is 0. The van der Waals surface area contributed by atoms with E-state index in [1.54, 1.807) is 12.1 Å². The van der Waals surface area contributed by atoms with Gasteiger partial charge in [-0.3, -0.25) is 0 Å². The summed E-state index contributed by atoms with van der Waals surface area (Å²) in [6, 6.07) is 11.0. The summed E-state index contributed by atoms with van der Waals surface area (Å²) in [6.07, 6.45) is 1.27. The van der Waals surface area contributed by atoms with E-state index >= 15 is 0 Å². The summed E-state index contributed by atoms with van der Waals surface area (Å²) in [5.41, 5.74) is 1.07. The SMILES string of the molecule is N#CC(C#N)=CNc1nc(SCc2ccc(Cl)cc2)n[nH]1. The van der Waals surface area contributed by atoms with Crippen LogP contribution in [0.25, 0.3) is 0 Å². The molecule has 1 aromatic heterocycles. The fourth-order valence-corrected chi connectivity index (χ4v) is 2.21. The molecule has 2 rings (SSSR count). The van der Waals surface area contributed by atoms with Gasteiger partial charge in [0, 0.05) is 17.0 Å². The zero-order valence-electron chi connectivity index (χ0n) is 10.7. The number of nitriles is 2. The molecule has 0 unspecified atom stereocenters. The molecule has 0 atom stereocenters. The van der Waals surface area contributed by atoms with Gasteiger partial charge < -0.3 is 5.32 Å². The van der Waals surface area contributed by atoms with Crippen LogP contribution in [-0.4, -0.2) is 15.2 Å². The number of hydrogen-bond acceptors (Lipinski definition) is 6. The van der Waals surface area contributed by atoms with Gasteiger partial charge in [0.1, 0.15) is 17.7 Å². The molecule has 2 N–H and O–H groups in total. The number of anilines is 1. The van der Waals surface area contributed by atoms with Crippen molar-refractivity contribution in [2.24, 2.45) is 0 Å². The normalized spacial score (nSPS) is 9.48. The summed E-state index contributed by atoms with van der Waals surface area (Å²) < 4.78 is 0. The van der Waals surface area contributed by atoms with E-state index in [0.29, 0.717) is 21.9 Å². The van der Waals surface area contributed by atoms with Gasteiger partial charge in [-0.05, 0) is 17.7 Å². The van der Waals surface area contributed by atoms with Gasteiger partial charge in [-0.25, -0.2) is 5.10 Å². The van der Waals surface area contributed by atoms with E-state index in [9.17, 15) is 0 Å². The second kappa shape index (κ2) is 7.34.